The summed E-state index contributed by atoms with van der Waals surface area (Å²) in [5.74, 6) is 0.296. The topological polar surface area (TPSA) is 49.3 Å². The Morgan fingerprint density at radius 2 is 2.17 bits per heavy atom. The van der Waals surface area contributed by atoms with Gasteiger partial charge in [-0.15, -0.1) is 0 Å². The number of benzene rings is 1. The van der Waals surface area contributed by atoms with Crippen LogP contribution in [-0.2, 0) is 0 Å². The normalized spacial score (nSPS) is 12.6. The van der Waals surface area contributed by atoms with Gasteiger partial charge in [0.25, 0.3) is 5.91 Å². The lowest BCUT2D eigenvalue weighted by molar-refractivity contribution is 0.0907. The standard InChI is InChI=1S/C13H17BrINO2/c1-8(2)5-10(7-17)16-13(18)11-6-9(14)3-4-12(11)15/h3-4,6,8,10,17H,5,7H2,1-2H3,(H,16,18). The van der Waals surface area contributed by atoms with Crippen LogP contribution in [0.4, 0.5) is 0 Å². The third-order valence-corrected chi connectivity index (χ3v) is 3.92. The van der Waals surface area contributed by atoms with E-state index in [1.165, 1.54) is 0 Å². The lowest BCUT2D eigenvalue weighted by Crippen LogP contribution is -2.38. The van der Waals surface area contributed by atoms with Crippen molar-refractivity contribution in [2.45, 2.75) is 26.3 Å². The Kier molecular flexibility index (Phi) is 6.59. The predicted octanol–water partition coefficient (Wildman–Crippen LogP) is 3.19. The Balaban J connectivity index is 2.77. The zero-order chi connectivity index (χ0) is 13.7. The number of nitrogens with one attached hydrogen (secondary N) is 1. The van der Waals surface area contributed by atoms with Crippen LogP contribution in [0.3, 0.4) is 0 Å². The van der Waals surface area contributed by atoms with E-state index in [9.17, 15) is 9.90 Å². The molecule has 0 aliphatic heterocycles. The van der Waals surface area contributed by atoms with E-state index in [2.05, 4.69) is 57.7 Å². The first-order valence-electron chi connectivity index (χ1n) is 5.80. The molecular formula is C13H17BrINO2. The van der Waals surface area contributed by atoms with Gasteiger partial charge in [-0.05, 0) is 53.1 Å². The molecule has 0 spiro atoms. The van der Waals surface area contributed by atoms with E-state index < -0.39 is 0 Å². The van der Waals surface area contributed by atoms with E-state index in [0.29, 0.717) is 11.5 Å². The molecule has 0 aliphatic rings. The summed E-state index contributed by atoms with van der Waals surface area (Å²) in [6, 6.07) is 5.39. The zero-order valence-corrected chi connectivity index (χ0v) is 14.2. The Labute approximate surface area is 130 Å². The van der Waals surface area contributed by atoms with Crippen molar-refractivity contribution >= 4 is 44.4 Å². The number of halogens is 2. The lowest BCUT2D eigenvalue weighted by Gasteiger charge is -2.18. The largest absolute Gasteiger partial charge is 0.394 e. The molecule has 0 fully saturated rings. The van der Waals surface area contributed by atoms with Gasteiger partial charge in [0.1, 0.15) is 0 Å². The van der Waals surface area contributed by atoms with E-state index in [0.717, 1.165) is 14.5 Å². The molecule has 0 saturated heterocycles. The molecule has 0 heterocycles. The van der Waals surface area contributed by atoms with E-state index in [1.54, 1.807) is 6.07 Å². The first-order valence-corrected chi connectivity index (χ1v) is 7.68. The van der Waals surface area contributed by atoms with Gasteiger partial charge < -0.3 is 10.4 Å². The summed E-state index contributed by atoms with van der Waals surface area (Å²) in [4.78, 5) is 12.1. The van der Waals surface area contributed by atoms with Crippen LogP contribution >= 0.6 is 38.5 Å². The number of aliphatic hydroxyl groups excluding tert-OH is 1. The lowest BCUT2D eigenvalue weighted by atomic mass is 10.0. The van der Waals surface area contributed by atoms with Crippen molar-refractivity contribution in [1.29, 1.82) is 0 Å². The molecule has 1 aromatic carbocycles. The molecule has 18 heavy (non-hydrogen) atoms. The van der Waals surface area contributed by atoms with Crippen molar-refractivity contribution in [2.75, 3.05) is 6.61 Å². The molecular weight excluding hydrogens is 409 g/mol. The molecule has 0 radical (unpaired) electrons. The highest BCUT2D eigenvalue weighted by Crippen LogP contribution is 2.18. The fraction of sp³-hybridized carbons (Fsp3) is 0.462. The average molecular weight is 426 g/mol. The van der Waals surface area contributed by atoms with Gasteiger partial charge in [0, 0.05) is 8.04 Å². The maximum atomic E-state index is 12.1. The summed E-state index contributed by atoms with van der Waals surface area (Å²) in [5.41, 5.74) is 0.632. The highest BCUT2D eigenvalue weighted by Gasteiger charge is 2.16. The highest BCUT2D eigenvalue weighted by atomic mass is 127. The highest BCUT2D eigenvalue weighted by molar-refractivity contribution is 14.1. The van der Waals surface area contributed by atoms with Gasteiger partial charge in [0.2, 0.25) is 0 Å². The molecule has 1 atom stereocenters. The summed E-state index contributed by atoms with van der Waals surface area (Å²) in [5, 5.41) is 12.1. The number of amides is 1. The van der Waals surface area contributed by atoms with Crippen LogP contribution in [0.1, 0.15) is 30.6 Å². The van der Waals surface area contributed by atoms with E-state index >= 15 is 0 Å². The van der Waals surface area contributed by atoms with E-state index in [4.69, 9.17) is 0 Å². The number of carbonyl (C=O) groups is 1. The van der Waals surface area contributed by atoms with Crippen molar-refractivity contribution in [3.05, 3.63) is 31.8 Å². The Bertz CT molecular complexity index is 423. The Hall–Kier alpha value is -0.140. The first-order chi connectivity index (χ1) is 8.43. The second kappa shape index (κ2) is 7.45. The fourth-order valence-corrected chi connectivity index (χ4v) is 2.62. The Morgan fingerprint density at radius 3 is 2.72 bits per heavy atom. The van der Waals surface area contributed by atoms with Gasteiger partial charge in [-0.2, -0.15) is 0 Å². The van der Waals surface area contributed by atoms with E-state index in [-0.39, 0.29) is 18.6 Å². The minimum Gasteiger partial charge on any atom is -0.394 e. The van der Waals surface area contributed by atoms with Crippen molar-refractivity contribution in [3.8, 4) is 0 Å². The van der Waals surface area contributed by atoms with Gasteiger partial charge in [0.05, 0.1) is 18.2 Å². The van der Waals surface area contributed by atoms with Gasteiger partial charge in [-0.1, -0.05) is 29.8 Å². The van der Waals surface area contributed by atoms with Crippen LogP contribution in [0.15, 0.2) is 22.7 Å². The van der Waals surface area contributed by atoms with Crippen LogP contribution in [0.2, 0.25) is 0 Å². The molecule has 5 heteroatoms. The van der Waals surface area contributed by atoms with Crippen molar-refractivity contribution in [1.82, 2.24) is 5.32 Å². The van der Waals surface area contributed by atoms with Crippen molar-refractivity contribution in [3.63, 3.8) is 0 Å². The molecule has 0 bridgehead atoms. The number of rotatable bonds is 5. The van der Waals surface area contributed by atoms with E-state index in [1.807, 2.05) is 12.1 Å². The van der Waals surface area contributed by atoms with Crippen LogP contribution < -0.4 is 5.32 Å². The molecule has 0 aliphatic carbocycles. The number of aliphatic hydroxyl groups is 1. The SMILES string of the molecule is CC(C)CC(CO)NC(=O)c1cc(Br)ccc1I. The zero-order valence-electron chi connectivity index (χ0n) is 10.4. The minimum atomic E-state index is -0.188. The molecule has 0 aromatic heterocycles. The maximum Gasteiger partial charge on any atom is 0.252 e. The van der Waals surface area contributed by atoms with Gasteiger partial charge in [0.15, 0.2) is 0 Å². The monoisotopic (exact) mass is 425 g/mol. The summed E-state index contributed by atoms with van der Waals surface area (Å²) in [6.07, 6.45) is 0.771. The quantitative estimate of drug-likeness (QED) is 0.711. The molecule has 2 N–H and O–H groups in total. The predicted molar refractivity (Wildman–Crippen MR) is 84.7 cm³/mol. The Morgan fingerprint density at radius 1 is 1.50 bits per heavy atom. The third kappa shape index (κ3) is 4.85. The molecule has 1 unspecified atom stereocenters. The van der Waals surface area contributed by atoms with Gasteiger partial charge in [-0.3, -0.25) is 4.79 Å². The molecule has 1 amide bonds. The van der Waals surface area contributed by atoms with Crippen LogP contribution in [-0.4, -0.2) is 23.7 Å². The molecule has 1 aromatic rings. The van der Waals surface area contributed by atoms with Crippen molar-refractivity contribution < 1.29 is 9.90 Å². The molecule has 1 rings (SSSR count). The van der Waals surface area contributed by atoms with Crippen molar-refractivity contribution in [2.24, 2.45) is 5.92 Å². The second-order valence-corrected chi connectivity index (χ2v) is 6.68. The van der Waals surface area contributed by atoms with Crippen LogP contribution in [0.25, 0.3) is 0 Å². The smallest absolute Gasteiger partial charge is 0.252 e. The summed E-state index contributed by atoms with van der Waals surface area (Å²) in [6.45, 7) is 4.10. The molecule has 100 valence electrons. The molecule has 0 saturated carbocycles. The van der Waals surface area contributed by atoms with Gasteiger partial charge in [-0.25, -0.2) is 0 Å². The first kappa shape index (κ1) is 15.9. The fourth-order valence-electron chi connectivity index (χ4n) is 1.68. The number of hydrogen-bond donors (Lipinski definition) is 2. The van der Waals surface area contributed by atoms with Gasteiger partial charge >= 0.3 is 0 Å². The summed E-state index contributed by atoms with van der Waals surface area (Å²) < 4.78 is 1.77. The minimum absolute atomic E-state index is 0.0332. The molecule has 3 nitrogen and oxygen atoms in total. The average Bonchev–Trinajstić information content (AvgIpc) is 2.30. The summed E-state index contributed by atoms with van der Waals surface area (Å²) >= 11 is 5.49. The number of carbonyl (C=O) groups excluding carboxylic acids is 1. The maximum absolute atomic E-state index is 12.1. The van der Waals surface area contributed by atoms with Crippen LogP contribution in [0, 0.1) is 9.49 Å². The summed E-state index contributed by atoms with van der Waals surface area (Å²) in [7, 11) is 0. The van der Waals surface area contributed by atoms with Crippen LogP contribution in [0.5, 0.6) is 0 Å². The number of hydrogen-bond acceptors (Lipinski definition) is 2. The third-order valence-electron chi connectivity index (χ3n) is 2.48. The second-order valence-electron chi connectivity index (χ2n) is 4.61.